The van der Waals surface area contributed by atoms with Crippen molar-refractivity contribution in [2.75, 3.05) is 19.5 Å². The van der Waals surface area contributed by atoms with Crippen LogP contribution in [0.4, 0.5) is 0 Å². The smallest absolute Gasteiger partial charge is 0.326 e. The zero-order valence-corrected chi connectivity index (χ0v) is 18.8. The van der Waals surface area contributed by atoms with Gasteiger partial charge in [0.15, 0.2) is 4.80 Å². The van der Waals surface area contributed by atoms with Crippen LogP contribution in [0.15, 0.2) is 52.4 Å². The van der Waals surface area contributed by atoms with Crippen molar-refractivity contribution in [3.63, 3.8) is 0 Å². The predicted molar refractivity (Wildman–Crippen MR) is 120 cm³/mol. The van der Waals surface area contributed by atoms with Crippen molar-refractivity contribution in [2.24, 2.45) is 4.99 Å². The number of thiazole rings is 1. The highest BCUT2D eigenvalue weighted by Crippen LogP contribution is 2.22. The standard InChI is InChI=1S/C22H24N2O4S2/c1-4-28-21(26)14-24-18-10-5-15(2)13-19(18)30-22(24)23-20(25)11-12-29-17-8-6-16(27-3)7-9-17/h5-10,13H,4,11-12,14H2,1-3H3. The molecular weight excluding hydrogens is 420 g/mol. The van der Waals surface area contributed by atoms with Crippen molar-refractivity contribution in [2.45, 2.75) is 31.7 Å². The second-order valence-corrected chi connectivity index (χ2v) is 8.70. The van der Waals surface area contributed by atoms with E-state index in [9.17, 15) is 9.59 Å². The fourth-order valence-corrected chi connectivity index (χ4v) is 4.83. The summed E-state index contributed by atoms with van der Waals surface area (Å²) in [6.07, 6.45) is 0.309. The number of nitrogens with zero attached hydrogens (tertiary/aromatic N) is 2. The summed E-state index contributed by atoms with van der Waals surface area (Å²) in [4.78, 5) is 30.4. The molecule has 30 heavy (non-hydrogen) atoms. The van der Waals surface area contributed by atoms with E-state index >= 15 is 0 Å². The molecule has 3 rings (SSSR count). The molecule has 6 nitrogen and oxygen atoms in total. The van der Waals surface area contributed by atoms with Gasteiger partial charge in [-0.2, -0.15) is 4.99 Å². The summed E-state index contributed by atoms with van der Waals surface area (Å²) in [6, 6.07) is 13.7. The van der Waals surface area contributed by atoms with Gasteiger partial charge in [-0.15, -0.1) is 11.8 Å². The first-order valence-electron chi connectivity index (χ1n) is 9.60. The third-order valence-electron chi connectivity index (χ3n) is 4.30. The molecule has 0 radical (unpaired) electrons. The maximum absolute atomic E-state index is 12.5. The topological polar surface area (TPSA) is 69.9 Å². The van der Waals surface area contributed by atoms with Gasteiger partial charge in [-0.1, -0.05) is 17.4 Å². The third-order valence-corrected chi connectivity index (χ3v) is 6.35. The number of fused-ring (bicyclic) bond motifs is 1. The van der Waals surface area contributed by atoms with E-state index in [0.29, 0.717) is 23.6 Å². The molecule has 0 N–H and O–H groups in total. The van der Waals surface area contributed by atoms with Crippen LogP contribution in [0.5, 0.6) is 5.75 Å². The Bertz CT molecular complexity index is 1100. The fraction of sp³-hybridized carbons (Fsp3) is 0.318. The minimum atomic E-state index is -0.346. The van der Waals surface area contributed by atoms with Crippen LogP contribution in [0.1, 0.15) is 18.9 Å². The van der Waals surface area contributed by atoms with Crippen LogP contribution in [0.2, 0.25) is 0 Å². The van der Waals surface area contributed by atoms with Gasteiger partial charge in [0.2, 0.25) is 5.91 Å². The Labute approximate surface area is 183 Å². The Hall–Kier alpha value is -2.58. The molecule has 0 atom stereocenters. The van der Waals surface area contributed by atoms with Gasteiger partial charge in [-0.05, 0) is 55.8 Å². The number of benzene rings is 2. The summed E-state index contributed by atoms with van der Waals surface area (Å²) in [7, 11) is 1.63. The summed E-state index contributed by atoms with van der Waals surface area (Å²) in [5.41, 5.74) is 1.98. The lowest BCUT2D eigenvalue weighted by atomic mass is 10.2. The number of ether oxygens (including phenoxy) is 2. The van der Waals surface area contributed by atoms with Crippen LogP contribution >= 0.6 is 23.1 Å². The molecule has 1 aromatic heterocycles. The Morgan fingerprint density at radius 2 is 1.93 bits per heavy atom. The summed E-state index contributed by atoms with van der Waals surface area (Å²) in [6.45, 7) is 4.12. The largest absolute Gasteiger partial charge is 0.497 e. The van der Waals surface area contributed by atoms with Crippen molar-refractivity contribution in [1.29, 1.82) is 0 Å². The zero-order valence-electron chi connectivity index (χ0n) is 17.2. The lowest BCUT2D eigenvalue weighted by Gasteiger charge is -2.05. The maximum Gasteiger partial charge on any atom is 0.326 e. The molecule has 0 aliphatic rings. The number of methoxy groups -OCH3 is 1. The highest BCUT2D eigenvalue weighted by atomic mass is 32.2. The van der Waals surface area contributed by atoms with Crippen LogP contribution in [0.3, 0.4) is 0 Å². The van der Waals surface area contributed by atoms with Gasteiger partial charge in [0.05, 0.1) is 23.9 Å². The first kappa shape index (κ1) is 22.1. The van der Waals surface area contributed by atoms with Crippen molar-refractivity contribution in [1.82, 2.24) is 4.57 Å². The average Bonchev–Trinajstić information content (AvgIpc) is 3.04. The second-order valence-electron chi connectivity index (χ2n) is 6.53. The Morgan fingerprint density at radius 1 is 1.17 bits per heavy atom. The Morgan fingerprint density at radius 3 is 2.63 bits per heavy atom. The minimum absolute atomic E-state index is 0.0314. The molecule has 0 spiro atoms. The van der Waals surface area contributed by atoms with Crippen LogP contribution < -0.4 is 9.54 Å². The molecule has 0 saturated carbocycles. The number of hydrogen-bond acceptors (Lipinski definition) is 6. The molecule has 3 aromatic rings. The highest BCUT2D eigenvalue weighted by molar-refractivity contribution is 7.99. The van der Waals surface area contributed by atoms with Gasteiger partial charge in [0, 0.05) is 17.1 Å². The number of amides is 1. The molecule has 1 amide bonds. The van der Waals surface area contributed by atoms with E-state index in [-0.39, 0.29) is 18.4 Å². The van der Waals surface area contributed by atoms with E-state index < -0.39 is 0 Å². The van der Waals surface area contributed by atoms with E-state index in [1.807, 2.05) is 49.4 Å². The number of aromatic nitrogens is 1. The molecule has 0 saturated heterocycles. The molecule has 1 heterocycles. The molecular formula is C22H24N2O4S2. The van der Waals surface area contributed by atoms with Crippen LogP contribution in [-0.4, -0.2) is 35.9 Å². The monoisotopic (exact) mass is 444 g/mol. The first-order valence-corrected chi connectivity index (χ1v) is 11.4. The zero-order chi connectivity index (χ0) is 21.5. The van der Waals surface area contributed by atoms with E-state index in [2.05, 4.69) is 4.99 Å². The molecule has 0 unspecified atom stereocenters. The molecule has 0 bridgehead atoms. The Kier molecular flexibility index (Phi) is 7.70. The average molecular weight is 445 g/mol. The van der Waals surface area contributed by atoms with Crippen molar-refractivity contribution < 1.29 is 19.1 Å². The van der Waals surface area contributed by atoms with Crippen LogP contribution in [0.25, 0.3) is 10.2 Å². The van der Waals surface area contributed by atoms with E-state index in [1.54, 1.807) is 30.4 Å². The SMILES string of the molecule is CCOC(=O)Cn1c(=NC(=O)CCSc2ccc(OC)cc2)sc2cc(C)ccc21. The molecule has 158 valence electrons. The lowest BCUT2D eigenvalue weighted by molar-refractivity contribution is -0.143. The maximum atomic E-state index is 12.5. The molecule has 2 aromatic carbocycles. The molecule has 0 aliphatic heterocycles. The van der Waals surface area contributed by atoms with Gasteiger partial charge in [-0.3, -0.25) is 9.59 Å². The van der Waals surface area contributed by atoms with Crippen molar-refractivity contribution >= 4 is 45.2 Å². The quantitative estimate of drug-likeness (QED) is 0.385. The van der Waals surface area contributed by atoms with Gasteiger partial charge >= 0.3 is 5.97 Å². The minimum Gasteiger partial charge on any atom is -0.497 e. The molecule has 0 fully saturated rings. The number of thioether (sulfide) groups is 1. The molecule has 8 heteroatoms. The first-order chi connectivity index (χ1) is 14.5. The number of hydrogen-bond donors (Lipinski definition) is 0. The van der Waals surface area contributed by atoms with Crippen LogP contribution in [-0.2, 0) is 20.9 Å². The predicted octanol–water partition coefficient (Wildman–Crippen LogP) is 4.19. The lowest BCUT2D eigenvalue weighted by Crippen LogP contribution is -2.23. The number of rotatable bonds is 8. The van der Waals surface area contributed by atoms with E-state index in [4.69, 9.17) is 9.47 Å². The fourth-order valence-electron chi connectivity index (χ4n) is 2.85. The van der Waals surface area contributed by atoms with Crippen LogP contribution in [0, 0.1) is 6.92 Å². The van der Waals surface area contributed by atoms with E-state index in [0.717, 1.165) is 26.4 Å². The Balaban J connectivity index is 1.75. The normalized spacial score (nSPS) is 11.6. The summed E-state index contributed by atoms with van der Waals surface area (Å²) >= 11 is 3.00. The summed E-state index contributed by atoms with van der Waals surface area (Å²) < 4.78 is 13.0. The van der Waals surface area contributed by atoms with Gasteiger partial charge in [-0.25, -0.2) is 0 Å². The second kappa shape index (κ2) is 10.4. The number of carbonyl (C=O) groups excluding carboxylic acids is 2. The van der Waals surface area contributed by atoms with Crippen molar-refractivity contribution in [3.8, 4) is 5.75 Å². The third kappa shape index (κ3) is 5.73. The van der Waals surface area contributed by atoms with Gasteiger partial charge in [0.25, 0.3) is 0 Å². The van der Waals surface area contributed by atoms with Crippen molar-refractivity contribution in [3.05, 3.63) is 52.8 Å². The summed E-state index contributed by atoms with van der Waals surface area (Å²) in [5.74, 6) is 0.867. The number of aryl methyl sites for hydroxylation is 1. The number of carbonyl (C=O) groups is 2. The molecule has 0 aliphatic carbocycles. The summed E-state index contributed by atoms with van der Waals surface area (Å²) in [5, 5.41) is 0. The number of esters is 1. The van der Waals surface area contributed by atoms with Gasteiger partial charge < -0.3 is 14.0 Å². The highest BCUT2D eigenvalue weighted by Gasteiger charge is 2.12. The van der Waals surface area contributed by atoms with Gasteiger partial charge in [0.1, 0.15) is 12.3 Å². The van der Waals surface area contributed by atoms with E-state index in [1.165, 1.54) is 11.3 Å².